The molecule has 0 unspecified atom stereocenters. The van der Waals surface area contributed by atoms with Crippen LogP contribution in [0.3, 0.4) is 0 Å². The van der Waals surface area contributed by atoms with Gasteiger partial charge in [0.25, 0.3) is 0 Å². The van der Waals surface area contributed by atoms with Crippen LogP contribution in [0.5, 0.6) is 0 Å². The quantitative estimate of drug-likeness (QED) is 0.142. The summed E-state index contributed by atoms with van der Waals surface area (Å²) in [6.45, 7) is -2.62. The number of nitrogens with zero attached hydrogens (tertiary/aromatic N) is 1. The predicted octanol–water partition coefficient (Wildman–Crippen LogP) is -2.65. The van der Waals surface area contributed by atoms with E-state index in [1.807, 2.05) is 0 Å². The first-order chi connectivity index (χ1) is 10.2. The summed E-state index contributed by atoms with van der Waals surface area (Å²) in [7, 11) is -9.55. The fourth-order valence-electron chi connectivity index (χ4n) is 1.53. The number of carboxylic acids is 1. The number of aliphatic hydroxyl groups is 3. The average molecular weight is 451 g/mol. The number of phosphoric acid groups is 1. The van der Waals surface area contributed by atoms with Gasteiger partial charge in [-0.25, -0.2) is 4.57 Å². The van der Waals surface area contributed by atoms with Crippen molar-refractivity contribution in [3.63, 3.8) is 0 Å². The molecule has 0 fully saturated rings. The van der Waals surface area contributed by atoms with Gasteiger partial charge >= 0.3 is 21.4 Å². The van der Waals surface area contributed by atoms with Crippen molar-refractivity contribution in [1.29, 1.82) is 0 Å². The van der Waals surface area contributed by atoms with Gasteiger partial charge in [0.1, 0.15) is 18.5 Å². The Kier molecular flexibility index (Phi) is 21.1. The highest BCUT2D eigenvalue weighted by molar-refractivity contribution is 7.51. The molecule has 0 rings (SSSR count). The summed E-state index contributed by atoms with van der Waals surface area (Å²) < 4.78 is 25.2. The van der Waals surface area contributed by atoms with Crippen LogP contribution < -0.4 is 24.6 Å². The van der Waals surface area contributed by atoms with Crippen molar-refractivity contribution < 1.29 is 58.4 Å². The van der Waals surface area contributed by atoms with Crippen LogP contribution in [0.25, 0.3) is 0 Å². The zero-order valence-corrected chi connectivity index (χ0v) is 16.2. The van der Waals surface area contributed by atoms with Gasteiger partial charge in [-0.1, -0.05) is 0 Å². The molecule has 20 N–H and O–H groups in total. The number of hydrogen-bond donors (Lipinski definition) is 12. The molecule has 170 valence electrons. The largest absolute Gasteiger partial charge is 0.480 e. The normalized spacial score (nSPS) is 14.5. The third-order valence-electron chi connectivity index (χ3n) is 2.39. The lowest BCUT2D eigenvalue weighted by molar-refractivity contribution is -0.139. The van der Waals surface area contributed by atoms with E-state index in [1.165, 1.54) is 0 Å². The second-order valence-corrected chi connectivity index (χ2v) is 7.47. The lowest BCUT2D eigenvalue weighted by atomic mass is 10.1. The van der Waals surface area contributed by atoms with E-state index in [1.54, 1.807) is 0 Å². The molecule has 0 heterocycles. The maximum atomic E-state index is 10.9. The molecule has 27 heavy (non-hydrogen) atoms. The van der Waals surface area contributed by atoms with Crippen LogP contribution >= 0.6 is 15.4 Å². The molecule has 3 atom stereocenters. The molecule has 0 aromatic carbocycles. The van der Waals surface area contributed by atoms with E-state index in [9.17, 15) is 29.2 Å². The fourth-order valence-corrected chi connectivity index (χ4v) is 2.61. The number of aliphatic carboxylic acids is 1. The van der Waals surface area contributed by atoms with Crippen molar-refractivity contribution >= 4 is 21.4 Å². The monoisotopic (exact) mass is 451 g/mol. The van der Waals surface area contributed by atoms with Gasteiger partial charge in [-0.3, -0.25) is 18.8 Å². The predicted molar refractivity (Wildman–Crippen MR) is 92.2 cm³/mol. The number of carbonyl (C=O) groups is 1. The third-order valence-corrected chi connectivity index (χ3v) is 3.64. The minimum atomic E-state index is -4.91. The summed E-state index contributed by atoms with van der Waals surface area (Å²) in [5, 5.41) is 37.2. The van der Waals surface area contributed by atoms with Crippen LogP contribution in [0.15, 0.2) is 0 Å². The number of hydrogen-bond acceptors (Lipinski definition) is 12. The molecule has 0 saturated carbocycles. The molecule has 19 heteroatoms. The lowest BCUT2D eigenvalue weighted by Gasteiger charge is -2.28. The Bertz CT molecular complexity index is 486. The Labute approximate surface area is 154 Å². The van der Waals surface area contributed by atoms with Crippen LogP contribution in [0.2, 0.25) is 0 Å². The van der Waals surface area contributed by atoms with Crippen LogP contribution in [-0.4, -0.2) is 95.2 Å². The number of carboxylic acid groups (broad SMARTS) is 1. The van der Waals surface area contributed by atoms with Crippen LogP contribution in [0.1, 0.15) is 0 Å². The van der Waals surface area contributed by atoms with E-state index >= 15 is 0 Å². The summed E-state index contributed by atoms with van der Waals surface area (Å²) in [5.74, 6) is -1.45. The molecule has 0 amide bonds. The fraction of sp³-hybridized carbons (Fsp3) is 0.875. The SMILES string of the molecule is N.N.N.N.O=C(O)CN(C[C@H](O)[C@@H](O)[C@@H](O)COP(=O)(O)O)CP(=O)(O)O. The molecule has 0 bridgehead atoms. The Morgan fingerprint density at radius 2 is 1.37 bits per heavy atom. The molecule has 0 aromatic rings. The van der Waals surface area contributed by atoms with Gasteiger partial charge in [0.15, 0.2) is 0 Å². The number of rotatable bonds is 11. The van der Waals surface area contributed by atoms with E-state index in [2.05, 4.69) is 4.52 Å². The molecule has 0 aliphatic heterocycles. The maximum Gasteiger partial charge on any atom is 0.469 e. The first-order valence-corrected chi connectivity index (χ1v) is 9.27. The van der Waals surface area contributed by atoms with Crippen molar-refractivity contribution in [2.24, 2.45) is 0 Å². The Morgan fingerprint density at radius 3 is 1.70 bits per heavy atom. The van der Waals surface area contributed by atoms with Crippen LogP contribution in [0, 0.1) is 0 Å². The summed E-state index contributed by atoms with van der Waals surface area (Å²) in [6.07, 6.45) is -6.82. The van der Waals surface area contributed by atoms with Crippen molar-refractivity contribution in [2.45, 2.75) is 18.3 Å². The van der Waals surface area contributed by atoms with E-state index in [0.29, 0.717) is 4.90 Å². The molecule has 0 aliphatic rings. The molecular weight excluding hydrogens is 420 g/mol. The van der Waals surface area contributed by atoms with Crippen molar-refractivity contribution in [3.05, 3.63) is 0 Å². The van der Waals surface area contributed by atoms with Gasteiger partial charge < -0.3 is 64.6 Å². The van der Waals surface area contributed by atoms with Crippen molar-refractivity contribution in [3.8, 4) is 0 Å². The Hall–Kier alpha value is -0.590. The van der Waals surface area contributed by atoms with Crippen molar-refractivity contribution in [1.82, 2.24) is 29.5 Å². The standard InChI is InChI=1S/C8H19NO12P2.4H3N/c10-5(8(14)6(11)3-21-23(18,19)20)1-9(2-7(12)13)4-22(15,16)17;;;;/h5-6,8,10-11,14H,1-4H2,(H,12,13)(H2,15,16,17)(H2,18,19,20);4*1H3/t5-,6-,8+;;;;/m0..../s1. The summed E-state index contributed by atoms with van der Waals surface area (Å²) in [5.41, 5.74) is 0. The molecule has 0 radical (unpaired) electrons. The first-order valence-electron chi connectivity index (χ1n) is 5.94. The highest BCUT2D eigenvalue weighted by atomic mass is 31.2. The second kappa shape index (κ2) is 15.3. The summed E-state index contributed by atoms with van der Waals surface area (Å²) in [6, 6.07) is 0. The third kappa shape index (κ3) is 20.0. The highest BCUT2D eigenvalue weighted by Crippen LogP contribution is 2.36. The maximum absolute atomic E-state index is 10.9. The van der Waals surface area contributed by atoms with Gasteiger partial charge in [-0.2, -0.15) is 0 Å². The molecule has 0 aliphatic carbocycles. The average Bonchev–Trinajstić information content (AvgIpc) is 2.30. The van der Waals surface area contributed by atoms with Gasteiger partial charge in [-0.15, -0.1) is 0 Å². The molecular formula is C8H31N5O12P2. The molecule has 17 nitrogen and oxygen atoms in total. The van der Waals surface area contributed by atoms with Gasteiger partial charge in [0.05, 0.1) is 19.3 Å². The second-order valence-electron chi connectivity index (χ2n) is 4.62. The Balaban J connectivity index is -0.000000403. The van der Waals surface area contributed by atoms with Gasteiger partial charge in [0.2, 0.25) is 0 Å². The number of phosphoric ester groups is 1. The van der Waals surface area contributed by atoms with E-state index in [0.717, 1.165) is 0 Å². The molecule has 0 spiro atoms. The van der Waals surface area contributed by atoms with E-state index < -0.39 is 65.7 Å². The highest BCUT2D eigenvalue weighted by Gasteiger charge is 2.31. The number of aliphatic hydroxyl groups excluding tert-OH is 3. The smallest absolute Gasteiger partial charge is 0.469 e. The molecule has 0 aromatic heterocycles. The van der Waals surface area contributed by atoms with E-state index in [4.69, 9.17) is 24.7 Å². The van der Waals surface area contributed by atoms with Crippen LogP contribution in [-0.2, 0) is 18.4 Å². The van der Waals surface area contributed by atoms with Crippen molar-refractivity contribution in [2.75, 3.05) is 26.0 Å². The minimum Gasteiger partial charge on any atom is -0.480 e. The minimum absolute atomic E-state index is 0. The summed E-state index contributed by atoms with van der Waals surface area (Å²) >= 11 is 0. The zero-order chi connectivity index (χ0) is 18.4. The van der Waals surface area contributed by atoms with Crippen LogP contribution in [0.4, 0.5) is 0 Å². The lowest BCUT2D eigenvalue weighted by Crippen LogP contribution is -2.47. The molecule has 0 saturated heterocycles. The Morgan fingerprint density at radius 1 is 0.926 bits per heavy atom. The first kappa shape index (κ1) is 37.2. The van der Waals surface area contributed by atoms with Gasteiger partial charge in [0, 0.05) is 6.54 Å². The topological polar surface area (TPSA) is 366 Å². The zero-order valence-electron chi connectivity index (χ0n) is 14.4. The van der Waals surface area contributed by atoms with Gasteiger partial charge in [-0.05, 0) is 0 Å². The summed E-state index contributed by atoms with van der Waals surface area (Å²) in [4.78, 5) is 45.7. The van der Waals surface area contributed by atoms with E-state index in [-0.39, 0.29) is 24.6 Å².